The first-order chi connectivity index (χ1) is 9.42. The zero-order valence-electron chi connectivity index (χ0n) is 10.8. The van der Waals surface area contributed by atoms with Crippen molar-refractivity contribution in [2.75, 3.05) is 4.72 Å². The minimum absolute atomic E-state index is 0.317. The third-order valence-corrected chi connectivity index (χ3v) is 4.15. The van der Waals surface area contributed by atoms with Gasteiger partial charge in [0.1, 0.15) is 10.7 Å². The lowest BCUT2D eigenvalue weighted by molar-refractivity contribution is 0.281. The number of sulfonamides is 1. The Morgan fingerprint density at radius 3 is 2.55 bits per heavy atom. The molecule has 2 N–H and O–H groups in total. The van der Waals surface area contributed by atoms with Gasteiger partial charge in [0.25, 0.3) is 10.0 Å². The highest BCUT2D eigenvalue weighted by Crippen LogP contribution is 2.20. The molecule has 2 rings (SSSR count). The van der Waals surface area contributed by atoms with Crippen LogP contribution in [0.5, 0.6) is 0 Å². The second-order valence-electron chi connectivity index (χ2n) is 4.40. The van der Waals surface area contributed by atoms with Gasteiger partial charge in [-0.1, -0.05) is 18.2 Å². The molecule has 0 heterocycles. The Labute approximate surface area is 116 Å². The van der Waals surface area contributed by atoms with Crippen molar-refractivity contribution in [3.8, 4) is 0 Å². The van der Waals surface area contributed by atoms with Crippen molar-refractivity contribution in [1.82, 2.24) is 0 Å². The van der Waals surface area contributed by atoms with Gasteiger partial charge < -0.3 is 5.11 Å². The Hall–Kier alpha value is -1.92. The summed E-state index contributed by atoms with van der Waals surface area (Å²) < 4.78 is 40.3. The van der Waals surface area contributed by atoms with Crippen LogP contribution in [-0.2, 0) is 16.6 Å². The van der Waals surface area contributed by atoms with Crippen LogP contribution in [0.4, 0.5) is 10.1 Å². The van der Waals surface area contributed by atoms with Crippen molar-refractivity contribution in [2.24, 2.45) is 0 Å². The van der Waals surface area contributed by atoms with Crippen LogP contribution < -0.4 is 4.72 Å². The summed E-state index contributed by atoms with van der Waals surface area (Å²) in [6.45, 7) is 1.48. The quantitative estimate of drug-likeness (QED) is 0.910. The molecule has 0 aliphatic carbocycles. The van der Waals surface area contributed by atoms with Crippen molar-refractivity contribution in [1.29, 1.82) is 0 Å². The fraction of sp³-hybridized carbons (Fsp3) is 0.143. The smallest absolute Gasteiger partial charge is 0.264 e. The van der Waals surface area contributed by atoms with E-state index >= 15 is 0 Å². The van der Waals surface area contributed by atoms with Crippen molar-refractivity contribution in [2.45, 2.75) is 18.4 Å². The third-order valence-electron chi connectivity index (χ3n) is 2.74. The molecule has 0 atom stereocenters. The summed E-state index contributed by atoms with van der Waals surface area (Å²) in [4.78, 5) is -0.448. The first-order valence-corrected chi connectivity index (χ1v) is 7.39. The lowest BCUT2D eigenvalue weighted by Crippen LogP contribution is -2.14. The van der Waals surface area contributed by atoms with E-state index in [0.717, 1.165) is 17.7 Å². The summed E-state index contributed by atoms with van der Waals surface area (Å²) in [6.07, 6.45) is 0. The van der Waals surface area contributed by atoms with Crippen LogP contribution in [0.1, 0.15) is 11.1 Å². The Morgan fingerprint density at radius 2 is 1.95 bits per heavy atom. The lowest BCUT2D eigenvalue weighted by Gasteiger charge is -2.10. The molecule has 0 radical (unpaired) electrons. The van der Waals surface area contributed by atoms with Crippen LogP contribution >= 0.6 is 0 Å². The van der Waals surface area contributed by atoms with Crippen LogP contribution in [0.15, 0.2) is 47.4 Å². The van der Waals surface area contributed by atoms with Gasteiger partial charge in [0, 0.05) is 5.69 Å². The van der Waals surface area contributed by atoms with E-state index < -0.39 is 20.7 Å². The van der Waals surface area contributed by atoms with Gasteiger partial charge in [0.05, 0.1) is 6.61 Å². The number of nitrogens with one attached hydrogen (secondary N) is 1. The molecule has 0 unspecified atom stereocenters. The molecule has 20 heavy (non-hydrogen) atoms. The fourth-order valence-corrected chi connectivity index (χ4v) is 2.89. The molecule has 6 heteroatoms. The van der Waals surface area contributed by atoms with Crippen molar-refractivity contribution < 1.29 is 17.9 Å². The van der Waals surface area contributed by atoms with Gasteiger partial charge in [0.15, 0.2) is 0 Å². The van der Waals surface area contributed by atoms with E-state index in [-0.39, 0.29) is 6.61 Å². The molecule has 2 aromatic carbocycles. The molecule has 0 fully saturated rings. The molecule has 106 valence electrons. The monoisotopic (exact) mass is 295 g/mol. The SMILES string of the molecule is Cc1cccc(NS(=O)(=O)c2ccc(CO)cc2F)c1. The van der Waals surface area contributed by atoms with Gasteiger partial charge in [-0.05, 0) is 42.3 Å². The molecule has 0 aliphatic heterocycles. The van der Waals surface area contributed by atoms with Crippen LogP contribution in [0.2, 0.25) is 0 Å². The molecule has 4 nitrogen and oxygen atoms in total. The number of aliphatic hydroxyl groups is 1. The van der Waals surface area contributed by atoms with Crippen molar-refractivity contribution >= 4 is 15.7 Å². The zero-order chi connectivity index (χ0) is 14.8. The van der Waals surface area contributed by atoms with E-state index in [1.165, 1.54) is 6.07 Å². The predicted octanol–water partition coefficient (Wildman–Crippen LogP) is 2.43. The standard InChI is InChI=1S/C14H14FNO3S/c1-10-3-2-4-12(7-10)16-20(18,19)14-6-5-11(9-17)8-13(14)15/h2-8,16-17H,9H2,1H3. The second-order valence-corrected chi connectivity index (χ2v) is 6.05. The minimum Gasteiger partial charge on any atom is -0.392 e. The highest BCUT2D eigenvalue weighted by molar-refractivity contribution is 7.92. The Bertz CT molecular complexity index is 729. The highest BCUT2D eigenvalue weighted by atomic mass is 32.2. The van der Waals surface area contributed by atoms with Crippen molar-refractivity contribution in [3.05, 3.63) is 59.4 Å². The summed E-state index contributed by atoms with van der Waals surface area (Å²) in [6, 6.07) is 10.3. The minimum atomic E-state index is -3.99. The zero-order valence-corrected chi connectivity index (χ0v) is 11.6. The van der Waals surface area contributed by atoms with Crippen molar-refractivity contribution in [3.63, 3.8) is 0 Å². The summed E-state index contributed by atoms with van der Waals surface area (Å²) in [7, 11) is -3.99. The summed E-state index contributed by atoms with van der Waals surface area (Å²) in [5, 5.41) is 8.89. The summed E-state index contributed by atoms with van der Waals surface area (Å²) in [5.74, 6) is -0.892. The average Bonchev–Trinajstić information content (AvgIpc) is 2.37. The Morgan fingerprint density at radius 1 is 1.20 bits per heavy atom. The van der Waals surface area contributed by atoms with Gasteiger partial charge in [0.2, 0.25) is 0 Å². The number of rotatable bonds is 4. The van der Waals surface area contributed by atoms with Gasteiger partial charge in [-0.2, -0.15) is 0 Å². The molecule has 0 saturated carbocycles. The summed E-state index contributed by atoms with van der Waals surface area (Å²) in [5.41, 5.74) is 1.58. The second kappa shape index (κ2) is 5.60. The maximum atomic E-state index is 13.8. The molecule has 0 saturated heterocycles. The highest BCUT2D eigenvalue weighted by Gasteiger charge is 2.19. The van der Waals surface area contributed by atoms with Crippen LogP contribution in [0.3, 0.4) is 0 Å². The van der Waals surface area contributed by atoms with Crippen LogP contribution in [0.25, 0.3) is 0 Å². The number of hydrogen-bond acceptors (Lipinski definition) is 3. The molecular formula is C14H14FNO3S. The first-order valence-electron chi connectivity index (χ1n) is 5.91. The van der Waals surface area contributed by atoms with Crippen LogP contribution in [-0.4, -0.2) is 13.5 Å². The number of hydrogen-bond donors (Lipinski definition) is 2. The third kappa shape index (κ3) is 3.15. The molecule has 0 spiro atoms. The Balaban J connectivity index is 2.36. The van der Waals surface area contributed by atoms with E-state index in [1.807, 2.05) is 13.0 Å². The Kier molecular flexibility index (Phi) is 4.06. The van der Waals surface area contributed by atoms with Gasteiger partial charge in [-0.25, -0.2) is 12.8 Å². The number of aryl methyl sites for hydroxylation is 1. The molecule has 0 aliphatic rings. The first kappa shape index (κ1) is 14.5. The predicted molar refractivity (Wildman–Crippen MR) is 74.3 cm³/mol. The van der Waals surface area contributed by atoms with Gasteiger partial charge in [-0.15, -0.1) is 0 Å². The molecule has 0 bridgehead atoms. The van der Waals surface area contributed by atoms with E-state index in [9.17, 15) is 12.8 Å². The largest absolute Gasteiger partial charge is 0.392 e. The number of benzene rings is 2. The van der Waals surface area contributed by atoms with E-state index in [2.05, 4.69) is 4.72 Å². The lowest BCUT2D eigenvalue weighted by atomic mass is 10.2. The van der Waals surface area contributed by atoms with Crippen LogP contribution in [0, 0.1) is 12.7 Å². The maximum Gasteiger partial charge on any atom is 0.264 e. The number of anilines is 1. The molecular weight excluding hydrogens is 281 g/mol. The topological polar surface area (TPSA) is 66.4 Å². The number of aliphatic hydroxyl groups excluding tert-OH is 1. The number of halogens is 1. The fourth-order valence-electron chi connectivity index (χ4n) is 1.78. The molecule has 0 aromatic heterocycles. The van der Waals surface area contributed by atoms with Gasteiger partial charge in [-0.3, -0.25) is 4.72 Å². The average molecular weight is 295 g/mol. The molecule has 0 amide bonds. The summed E-state index contributed by atoms with van der Waals surface area (Å²) >= 11 is 0. The van der Waals surface area contributed by atoms with Gasteiger partial charge >= 0.3 is 0 Å². The van der Waals surface area contributed by atoms with E-state index in [1.54, 1.807) is 18.2 Å². The maximum absolute atomic E-state index is 13.8. The van der Waals surface area contributed by atoms with E-state index in [0.29, 0.717) is 11.3 Å². The normalized spacial score (nSPS) is 11.3. The van der Waals surface area contributed by atoms with E-state index in [4.69, 9.17) is 5.11 Å². The molecule has 2 aromatic rings.